The first-order valence-electron chi connectivity index (χ1n) is 6.31. The van der Waals surface area contributed by atoms with Crippen molar-refractivity contribution in [1.82, 2.24) is 9.80 Å². The van der Waals surface area contributed by atoms with Gasteiger partial charge in [0.1, 0.15) is 0 Å². The van der Waals surface area contributed by atoms with E-state index in [4.69, 9.17) is 18.0 Å². The van der Waals surface area contributed by atoms with Gasteiger partial charge in [0, 0.05) is 33.1 Å². The van der Waals surface area contributed by atoms with E-state index >= 15 is 0 Å². The number of hydrogen-bond acceptors (Lipinski definition) is 3. The van der Waals surface area contributed by atoms with Crippen molar-refractivity contribution in [3.63, 3.8) is 0 Å². The molecule has 1 saturated heterocycles. The van der Waals surface area contributed by atoms with E-state index in [2.05, 4.69) is 0 Å². The molecule has 1 aliphatic rings. The van der Waals surface area contributed by atoms with Crippen LogP contribution in [0.4, 0.5) is 0 Å². The molecule has 1 heterocycles. The van der Waals surface area contributed by atoms with Crippen LogP contribution in [0.2, 0.25) is 0 Å². The van der Waals surface area contributed by atoms with E-state index in [1.54, 1.807) is 16.7 Å². The van der Waals surface area contributed by atoms with Gasteiger partial charge in [0.15, 0.2) is 0 Å². The Morgan fingerprint density at radius 2 is 1.78 bits per heavy atom. The molecule has 1 aliphatic heterocycles. The van der Waals surface area contributed by atoms with Crippen molar-refractivity contribution in [3.8, 4) is 0 Å². The second kappa shape index (κ2) is 6.68. The van der Waals surface area contributed by atoms with Crippen LogP contribution in [-0.4, -0.2) is 52.8 Å². The molecule has 0 aromatic carbocycles. The third-order valence-electron chi connectivity index (χ3n) is 3.30. The molecule has 18 heavy (non-hydrogen) atoms. The monoisotopic (exact) mass is 271 g/mol. The van der Waals surface area contributed by atoms with E-state index in [1.807, 2.05) is 6.92 Å². The number of amides is 2. The molecule has 1 rings (SSSR count). The maximum absolute atomic E-state index is 12.3. The minimum Gasteiger partial charge on any atom is -0.393 e. The Morgan fingerprint density at radius 3 is 2.28 bits per heavy atom. The standard InChI is InChI=1S/C12H21N3O2S/c1-3-10(11(13)18)12(17)15-6-4-5-14(7-8-15)9(2)16/h10H,3-8H2,1-2H3,(H2,13,18). The van der Waals surface area contributed by atoms with Gasteiger partial charge in [0.2, 0.25) is 11.8 Å². The quantitative estimate of drug-likeness (QED) is 0.754. The van der Waals surface area contributed by atoms with Crippen LogP contribution in [0.25, 0.3) is 0 Å². The minimum atomic E-state index is -0.371. The molecule has 0 bridgehead atoms. The van der Waals surface area contributed by atoms with E-state index in [9.17, 15) is 9.59 Å². The summed E-state index contributed by atoms with van der Waals surface area (Å²) in [6.45, 7) is 6.00. The second-order valence-electron chi connectivity index (χ2n) is 4.55. The molecule has 2 amide bonds. The van der Waals surface area contributed by atoms with Gasteiger partial charge in [-0.15, -0.1) is 0 Å². The Bertz CT molecular complexity index is 346. The van der Waals surface area contributed by atoms with Crippen molar-refractivity contribution in [2.45, 2.75) is 26.7 Å². The van der Waals surface area contributed by atoms with Gasteiger partial charge in [-0.2, -0.15) is 0 Å². The van der Waals surface area contributed by atoms with Crippen LogP contribution in [0.5, 0.6) is 0 Å². The van der Waals surface area contributed by atoms with Crippen molar-refractivity contribution >= 4 is 29.0 Å². The van der Waals surface area contributed by atoms with Gasteiger partial charge in [-0.25, -0.2) is 0 Å². The fraction of sp³-hybridized carbons (Fsp3) is 0.750. The van der Waals surface area contributed by atoms with Crippen molar-refractivity contribution in [2.24, 2.45) is 11.7 Å². The average molecular weight is 271 g/mol. The SMILES string of the molecule is CCC(C(=O)N1CCCN(C(C)=O)CC1)C(N)=S. The van der Waals surface area contributed by atoms with Gasteiger partial charge >= 0.3 is 0 Å². The molecule has 0 aliphatic carbocycles. The third-order valence-corrected chi connectivity index (χ3v) is 3.59. The van der Waals surface area contributed by atoms with Crippen molar-refractivity contribution < 1.29 is 9.59 Å². The number of hydrogen-bond donors (Lipinski definition) is 1. The minimum absolute atomic E-state index is 0.00426. The topological polar surface area (TPSA) is 66.6 Å². The van der Waals surface area contributed by atoms with Gasteiger partial charge in [0.05, 0.1) is 10.9 Å². The Kier molecular flexibility index (Phi) is 5.53. The number of nitrogens with zero attached hydrogens (tertiary/aromatic N) is 2. The Morgan fingerprint density at radius 1 is 1.22 bits per heavy atom. The molecule has 0 radical (unpaired) electrons. The van der Waals surface area contributed by atoms with Crippen LogP contribution < -0.4 is 5.73 Å². The first-order valence-corrected chi connectivity index (χ1v) is 6.71. The van der Waals surface area contributed by atoms with E-state index in [0.717, 1.165) is 6.42 Å². The van der Waals surface area contributed by atoms with Crippen LogP contribution in [0.15, 0.2) is 0 Å². The summed E-state index contributed by atoms with van der Waals surface area (Å²) >= 11 is 4.93. The summed E-state index contributed by atoms with van der Waals surface area (Å²) in [6, 6.07) is 0. The summed E-state index contributed by atoms with van der Waals surface area (Å²) in [5, 5.41) is 0. The molecular weight excluding hydrogens is 250 g/mol. The maximum Gasteiger partial charge on any atom is 0.232 e. The molecule has 5 nitrogen and oxygen atoms in total. The third kappa shape index (κ3) is 3.66. The van der Waals surface area contributed by atoms with Gasteiger partial charge in [-0.3, -0.25) is 9.59 Å². The highest BCUT2D eigenvalue weighted by atomic mass is 32.1. The largest absolute Gasteiger partial charge is 0.393 e. The lowest BCUT2D eigenvalue weighted by atomic mass is 10.1. The zero-order chi connectivity index (χ0) is 13.7. The van der Waals surface area contributed by atoms with Gasteiger partial charge in [0.25, 0.3) is 0 Å². The summed E-state index contributed by atoms with van der Waals surface area (Å²) in [5.74, 6) is -0.315. The highest BCUT2D eigenvalue weighted by Crippen LogP contribution is 2.11. The molecule has 1 fully saturated rings. The maximum atomic E-state index is 12.3. The summed E-state index contributed by atoms with van der Waals surface area (Å²) in [4.78, 5) is 27.4. The highest BCUT2D eigenvalue weighted by molar-refractivity contribution is 7.80. The number of thiocarbonyl (C=S) groups is 1. The van der Waals surface area contributed by atoms with Crippen molar-refractivity contribution in [3.05, 3.63) is 0 Å². The molecule has 0 spiro atoms. The molecule has 0 aromatic heterocycles. The van der Waals surface area contributed by atoms with Gasteiger partial charge in [-0.1, -0.05) is 19.1 Å². The van der Waals surface area contributed by atoms with E-state index in [-0.39, 0.29) is 22.7 Å². The van der Waals surface area contributed by atoms with Gasteiger partial charge < -0.3 is 15.5 Å². The molecule has 6 heteroatoms. The Balaban J connectivity index is 2.65. The van der Waals surface area contributed by atoms with Crippen LogP contribution >= 0.6 is 12.2 Å². The first-order chi connectivity index (χ1) is 8.47. The lowest BCUT2D eigenvalue weighted by Crippen LogP contribution is -2.43. The van der Waals surface area contributed by atoms with Crippen molar-refractivity contribution in [1.29, 1.82) is 0 Å². The average Bonchev–Trinajstić information content (AvgIpc) is 2.54. The van der Waals surface area contributed by atoms with E-state index in [1.165, 1.54) is 0 Å². The molecule has 102 valence electrons. The summed E-state index contributed by atoms with van der Waals surface area (Å²) in [5.41, 5.74) is 5.59. The summed E-state index contributed by atoms with van der Waals surface area (Å²) < 4.78 is 0. The predicted octanol–water partition coefficient (Wildman–Crippen LogP) is 0.380. The first kappa shape index (κ1) is 14.9. The number of carbonyl (C=O) groups excluding carboxylic acids is 2. The second-order valence-corrected chi connectivity index (χ2v) is 5.02. The zero-order valence-electron chi connectivity index (χ0n) is 11.0. The lowest BCUT2D eigenvalue weighted by molar-refractivity contribution is -0.134. The lowest BCUT2D eigenvalue weighted by Gasteiger charge is -2.25. The molecule has 2 N–H and O–H groups in total. The van der Waals surface area contributed by atoms with Crippen molar-refractivity contribution in [2.75, 3.05) is 26.2 Å². The molecule has 1 atom stereocenters. The fourth-order valence-electron chi connectivity index (χ4n) is 2.17. The zero-order valence-corrected chi connectivity index (χ0v) is 11.8. The summed E-state index contributed by atoms with van der Waals surface area (Å²) in [6.07, 6.45) is 1.43. The molecular formula is C12H21N3O2S. The normalized spacial score (nSPS) is 18.1. The summed E-state index contributed by atoms with van der Waals surface area (Å²) in [7, 11) is 0. The van der Waals surface area contributed by atoms with Crippen LogP contribution in [-0.2, 0) is 9.59 Å². The van der Waals surface area contributed by atoms with E-state index in [0.29, 0.717) is 32.6 Å². The smallest absolute Gasteiger partial charge is 0.232 e. The highest BCUT2D eigenvalue weighted by Gasteiger charge is 2.27. The van der Waals surface area contributed by atoms with Crippen LogP contribution in [0.1, 0.15) is 26.7 Å². The van der Waals surface area contributed by atoms with Crippen LogP contribution in [0.3, 0.4) is 0 Å². The Hall–Kier alpha value is -1.17. The number of nitrogens with two attached hydrogens (primary N) is 1. The fourth-order valence-corrected chi connectivity index (χ4v) is 2.44. The van der Waals surface area contributed by atoms with E-state index < -0.39 is 0 Å². The Labute approximate surface area is 113 Å². The predicted molar refractivity (Wildman–Crippen MR) is 74.0 cm³/mol. The van der Waals surface area contributed by atoms with Gasteiger partial charge in [-0.05, 0) is 12.8 Å². The molecule has 0 saturated carbocycles. The number of carbonyl (C=O) groups is 2. The molecule has 1 unspecified atom stereocenters. The molecule has 0 aromatic rings. The van der Waals surface area contributed by atoms with Crippen LogP contribution in [0, 0.1) is 5.92 Å². The number of rotatable bonds is 3.